The van der Waals surface area contributed by atoms with Crippen LogP contribution in [0.25, 0.3) is 0 Å². The van der Waals surface area contributed by atoms with Crippen molar-refractivity contribution < 1.29 is 0 Å². The molecule has 0 atom stereocenters. The second kappa shape index (κ2) is 5.36. The first kappa shape index (κ1) is 12.2. The summed E-state index contributed by atoms with van der Waals surface area (Å²) in [4.78, 5) is 2.06. The monoisotopic (exact) mass is 239 g/mol. The number of hydrazone groups is 1. The van der Waals surface area contributed by atoms with Gasteiger partial charge in [-0.3, -0.25) is 0 Å². The van der Waals surface area contributed by atoms with Gasteiger partial charge in [0.2, 0.25) is 0 Å². The Morgan fingerprint density at radius 3 is 2.22 bits per heavy atom. The maximum absolute atomic E-state index is 5.54. The van der Waals surface area contributed by atoms with Crippen molar-refractivity contribution in [3.8, 4) is 0 Å². The van der Waals surface area contributed by atoms with Crippen LogP contribution in [0.3, 0.4) is 0 Å². The molecule has 0 aliphatic carbocycles. The molecule has 0 fully saturated rings. The zero-order valence-corrected chi connectivity index (χ0v) is 10.7. The fourth-order valence-electron chi connectivity index (χ4n) is 1.84. The Balaban J connectivity index is 2.44. The molecule has 0 saturated carbocycles. The van der Waals surface area contributed by atoms with Gasteiger partial charge in [-0.05, 0) is 12.1 Å². The number of nitrogens with zero attached hydrogens (tertiary/aromatic N) is 2. The molecule has 0 bridgehead atoms. The summed E-state index contributed by atoms with van der Waals surface area (Å²) in [5.74, 6) is 5.54. The van der Waals surface area contributed by atoms with Gasteiger partial charge in [0, 0.05) is 30.9 Å². The maximum Gasteiger partial charge on any atom is 0.0972 e. The molecule has 2 aromatic rings. The molecule has 0 aliphatic heterocycles. The molecule has 0 spiro atoms. The molecule has 0 unspecified atom stereocenters. The van der Waals surface area contributed by atoms with E-state index in [9.17, 15) is 0 Å². The minimum Gasteiger partial charge on any atom is -0.378 e. The molecule has 0 radical (unpaired) electrons. The molecule has 0 heterocycles. The summed E-state index contributed by atoms with van der Waals surface area (Å²) >= 11 is 0. The lowest BCUT2D eigenvalue weighted by molar-refractivity contribution is 1.13. The van der Waals surface area contributed by atoms with E-state index in [1.807, 2.05) is 56.6 Å². The Hall–Kier alpha value is -2.29. The Morgan fingerprint density at radius 1 is 0.944 bits per heavy atom. The van der Waals surface area contributed by atoms with Gasteiger partial charge in [0.05, 0.1) is 5.71 Å². The van der Waals surface area contributed by atoms with Crippen LogP contribution in [0.5, 0.6) is 0 Å². The van der Waals surface area contributed by atoms with Crippen LogP contribution in [0.1, 0.15) is 11.1 Å². The minimum atomic E-state index is 0.805. The smallest absolute Gasteiger partial charge is 0.0972 e. The molecule has 0 aliphatic rings. The van der Waals surface area contributed by atoms with Gasteiger partial charge in [0.1, 0.15) is 0 Å². The highest BCUT2D eigenvalue weighted by molar-refractivity contribution is 6.13. The molecule has 3 heteroatoms. The molecule has 92 valence electrons. The van der Waals surface area contributed by atoms with Crippen molar-refractivity contribution in [1.29, 1.82) is 0 Å². The van der Waals surface area contributed by atoms with Crippen LogP contribution in [0, 0.1) is 0 Å². The van der Waals surface area contributed by atoms with E-state index in [0.717, 1.165) is 22.5 Å². The van der Waals surface area contributed by atoms with Gasteiger partial charge in [-0.1, -0.05) is 42.5 Å². The van der Waals surface area contributed by atoms with Crippen LogP contribution in [0.4, 0.5) is 5.69 Å². The van der Waals surface area contributed by atoms with Crippen molar-refractivity contribution >= 4 is 11.4 Å². The van der Waals surface area contributed by atoms with Crippen molar-refractivity contribution in [2.24, 2.45) is 10.9 Å². The molecular weight excluding hydrogens is 222 g/mol. The van der Waals surface area contributed by atoms with Crippen molar-refractivity contribution in [2.45, 2.75) is 0 Å². The lowest BCUT2D eigenvalue weighted by atomic mass is 10.0. The van der Waals surface area contributed by atoms with E-state index >= 15 is 0 Å². The van der Waals surface area contributed by atoms with Crippen LogP contribution in [-0.4, -0.2) is 19.8 Å². The van der Waals surface area contributed by atoms with Gasteiger partial charge in [0.15, 0.2) is 0 Å². The maximum atomic E-state index is 5.54. The Labute approximate surface area is 108 Å². The van der Waals surface area contributed by atoms with Gasteiger partial charge in [-0.2, -0.15) is 5.10 Å². The van der Waals surface area contributed by atoms with Crippen molar-refractivity contribution in [1.82, 2.24) is 0 Å². The van der Waals surface area contributed by atoms with E-state index in [2.05, 4.69) is 22.1 Å². The summed E-state index contributed by atoms with van der Waals surface area (Å²) < 4.78 is 0. The number of benzene rings is 2. The van der Waals surface area contributed by atoms with E-state index in [0.29, 0.717) is 0 Å². The third kappa shape index (κ3) is 2.51. The van der Waals surface area contributed by atoms with Crippen LogP contribution >= 0.6 is 0 Å². The second-order valence-electron chi connectivity index (χ2n) is 4.29. The van der Waals surface area contributed by atoms with Crippen molar-refractivity contribution in [3.05, 3.63) is 65.7 Å². The molecule has 3 nitrogen and oxygen atoms in total. The van der Waals surface area contributed by atoms with E-state index in [1.54, 1.807) is 0 Å². The lowest BCUT2D eigenvalue weighted by Crippen LogP contribution is -2.11. The number of hydrogen-bond acceptors (Lipinski definition) is 3. The molecule has 2 N–H and O–H groups in total. The Bertz CT molecular complexity index is 545. The quantitative estimate of drug-likeness (QED) is 0.508. The van der Waals surface area contributed by atoms with Crippen LogP contribution < -0.4 is 10.7 Å². The zero-order chi connectivity index (χ0) is 13.0. The highest BCUT2D eigenvalue weighted by atomic mass is 15.1. The average molecular weight is 239 g/mol. The minimum absolute atomic E-state index is 0.805. The van der Waals surface area contributed by atoms with Gasteiger partial charge in [-0.15, -0.1) is 0 Å². The molecule has 18 heavy (non-hydrogen) atoms. The zero-order valence-electron chi connectivity index (χ0n) is 10.7. The van der Waals surface area contributed by atoms with Gasteiger partial charge in [0.25, 0.3) is 0 Å². The predicted molar refractivity (Wildman–Crippen MR) is 77.0 cm³/mol. The lowest BCUT2D eigenvalue weighted by Gasteiger charge is -2.14. The molecule has 0 saturated heterocycles. The topological polar surface area (TPSA) is 41.6 Å². The first-order chi connectivity index (χ1) is 8.72. The summed E-state index contributed by atoms with van der Waals surface area (Å²) in [6.07, 6.45) is 0. The molecule has 2 rings (SSSR count). The fraction of sp³-hybridized carbons (Fsp3) is 0.133. The third-order valence-corrected chi connectivity index (χ3v) is 2.81. The first-order valence-corrected chi connectivity index (χ1v) is 5.83. The number of hydrogen-bond donors (Lipinski definition) is 1. The van der Waals surface area contributed by atoms with E-state index in [4.69, 9.17) is 5.84 Å². The largest absolute Gasteiger partial charge is 0.378 e. The van der Waals surface area contributed by atoms with E-state index in [-0.39, 0.29) is 0 Å². The van der Waals surface area contributed by atoms with Crippen molar-refractivity contribution in [3.63, 3.8) is 0 Å². The average Bonchev–Trinajstić information content (AvgIpc) is 2.41. The van der Waals surface area contributed by atoms with Gasteiger partial charge in [-0.25, -0.2) is 0 Å². The molecule has 0 amide bonds. The SMILES string of the molecule is CN(C)c1cccc(/C(=N/N)c2ccccc2)c1. The third-order valence-electron chi connectivity index (χ3n) is 2.81. The first-order valence-electron chi connectivity index (χ1n) is 5.83. The van der Waals surface area contributed by atoms with E-state index < -0.39 is 0 Å². The summed E-state index contributed by atoms with van der Waals surface area (Å²) in [5, 5.41) is 3.93. The van der Waals surface area contributed by atoms with Gasteiger partial charge < -0.3 is 10.7 Å². The molecule has 2 aromatic carbocycles. The standard InChI is InChI=1S/C15H17N3/c1-18(2)14-10-6-9-13(11-14)15(17-16)12-7-4-3-5-8-12/h3-11H,16H2,1-2H3/b17-15+. The van der Waals surface area contributed by atoms with Crippen LogP contribution in [-0.2, 0) is 0 Å². The summed E-state index contributed by atoms with van der Waals surface area (Å²) in [5.41, 5.74) is 3.98. The number of anilines is 1. The van der Waals surface area contributed by atoms with Crippen LogP contribution in [0.15, 0.2) is 59.7 Å². The van der Waals surface area contributed by atoms with Crippen LogP contribution in [0.2, 0.25) is 0 Å². The van der Waals surface area contributed by atoms with Gasteiger partial charge >= 0.3 is 0 Å². The fourth-order valence-corrected chi connectivity index (χ4v) is 1.84. The summed E-state index contributed by atoms with van der Waals surface area (Å²) in [6, 6.07) is 18.1. The molecular formula is C15H17N3. The normalized spacial score (nSPS) is 11.3. The summed E-state index contributed by atoms with van der Waals surface area (Å²) in [7, 11) is 4.03. The number of nitrogens with two attached hydrogens (primary N) is 1. The Morgan fingerprint density at radius 2 is 1.61 bits per heavy atom. The summed E-state index contributed by atoms with van der Waals surface area (Å²) in [6.45, 7) is 0. The Kier molecular flexibility index (Phi) is 3.63. The number of rotatable bonds is 3. The predicted octanol–water partition coefficient (Wildman–Crippen LogP) is 2.46. The second-order valence-corrected chi connectivity index (χ2v) is 4.29. The molecule has 0 aromatic heterocycles. The van der Waals surface area contributed by atoms with Crippen molar-refractivity contribution in [2.75, 3.05) is 19.0 Å². The highest BCUT2D eigenvalue weighted by Crippen LogP contribution is 2.17. The van der Waals surface area contributed by atoms with E-state index in [1.165, 1.54) is 0 Å². The highest BCUT2D eigenvalue weighted by Gasteiger charge is 2.07.